The first-order valence-corrected chi connectivity index (χ1v) is 12.3. The van der Waals surface area contributed by atoms with Gasteiger partial charge in [-0.25, -0.2) is 4.98 Å². The summed E-state index contributed by atoms with van der Waals surface area (Å²) in [6.45, 7) is 0. The van der Waals surface area contributed by atoms with Gasteiger partial charge in [-0.05, 0) is 24.6 Å². The van der Waals surface area contributed by atoms with Crippen LogP contribution in [0.25, 0.3) is 15.8 Å². The topological polar surface area (TPSA) is 40.6 Å². The Bertz CT molecular complexity index is 894. The number of allylic oxidation sites excluding steroid dienone is 2. The third-order valence-corrected chi connectivity index (χ3v) is 9.93. The molecule has 0 fully saturated rings. The van der Waals surface area contributed by atoms with Crippen molar-refractivity contribution in [3.05, 3.63) is 35.3 Å². The van der Waals surface area contributed by atoms with Crippen LogP contribution in [0.1, 0.15) is 11.4 Å². The SMILES string of the molecule is CO[Si](CCC1C(=S)C(=S)C=C(c2nc3ccccc3s2)C1=S)(OC)OC. The van der Waals surface area contributed by atoms with E-state index in [0.29, 0.717) is 22.2 Å². The number of benzene rings is 1. The highest BCUT2D eigenvalue weighted by Crippen LogP contribution is 2.35. The van der Waals surface area contributed by atoms with Gasteiger partial charge in [0.05, 0.1) is 15.1 Å². The molecule has 27 heavy (non-hydrogen) atoms. The van der Waals surface area contributed by atoms with Crippen LogP contribution in [0.3, 0.4) is 0 Å². The fourth-order valence-corrected chi connectivity index (χ4v) is 6.88. The Kier molecular flexibility index (Phi) is 6.75. The Labute approximate surface area is 179 Å². The number of nitrogens with zero attached hydrogens (tertiary/aromatic N) is 1. The van der Waals surface area contributed by atoms with Gasteiger partial charge < -0.3 is 13.3 Å². The zero-order chi connectivity index (χ0) is 19.6. The second-order valence-corrected chi connectivity index (χ2v) is 11.5. The van der Waals surface area contributed by atoms with Crippen LogP contribution >= 0.6 is 48.0 Å². The first-order valence-electron chi connectivity index (χ1n) is 8.30. The van der Waals surface area contributed by atoms with Crippen LogP contribution in [0.5, 0.6) is 0 Å². The molecule has 0 bridgehead atoms. The minimum atomic E-state index is -2.71. The summed E-state index contributed by atoms with van der Waals surface area (Å²) in [5.74, 6) is -0.123. The smallest absolute Gasteiger partial charge is 0.377 e. The zero-order valence-electron chi connectivity index (χ0n) is 15.2. The quantitative estimate of drug-likeness (QED) is 0.445. The van der Waals surface area contributed by atoms with Crippen molar-refractivity contribution in [3.8, 4) is 0 Å². The summed E-state index contributed by atoms with van der Waals surface area (Å²) >= 11 is 18.5. The number of aromatic nitrogens is 1. The van der Waals surface area contributed by atoms with Gasteiger partial charge in [0.15, 0.2) is 0 Å². The fourth-order valence-electron chi connectivity index (χ4n) is 3.05. The van der Waals surface area contributed by atoms with E-state index in [9.17, 15) is 0 Å². The summed E-state index contributed by atoms with van der Waals surface area (Å²) in [5.41, 5.74) is 1.86. The molecule has 142 valence electrons. The number of para-hydroxylation sites is 1. The lowest BCUT2D eigenvalue weighted by Crippen LogP contribution is -2.44. The molecule has 1 aliphatic carbocycles. The second-order valence-electron chi connectivity index (χ2n) is 6.02. The molecular weight excluding hydrogens is 435 g/mol. The Morgan fingerprint density at radius 3 is 2.33 bits per heavy atom. The molecule has 3 rings (SSSR count). The summed E-state index contributed by atoms with van der Waals surface area (Å²) in [6.07, 6.45) is 2.56. The molecule has 0 spiro atoms. The number of thiocarbonyl (C=S) groups is 3. The molecule has 0 amide bonds. The normalized spacial score (nSPS) is 18.3. The molecule has 1 unspecified atom stereocenters. The molecule has 0 saturated carbocycles. The number of hydrogen-bond donors (Lipinski definition) is 0. The van der Waals surface area contributed by atoms with Gasteiger partial charge in [-0.1, -0.05) is 48.8 Å². The molecule has 1 aromatic carbocycles. The van der Waals surface area contributed by atoms with Crippen molar-refractivity contribution in [1.29, 1.82) is 0 Å². The first-order chi connectivity index (χ1) is 12.9. The van der Waals surface area contributed by atoms with E-state index in [-0.39, 0.29) is 5.92 Å². The van der Waals surface area contributed by atoms with Gasteiger partial charge in [0.1, 0.15) is 5.01 Å². The molecule has 4 nitrogen and oxygen atoms in total. The molecule has 2 aromatic rings. The van der Waals surface area contributed by atoms with Gasteiger partial charge in [0.25, 0.3) is 0 Å². The summed E-state index contributed by atoms with van der Waals surface area (Å²) in [4.78, 5) is 6.86. The maximum absolute atomic E-state index is 5.81. The van der Waals surface area contributed by atoms with E-state index in [1.54, 1.807) is 32.7 Å². The highest BCUT2D eigenvalue weighted by Gasteiger charge is 2.40. The van der Waals surface area contributed by atoms with Crippen molar-refractivity contribution in [2.45, 2.75) is 12.5 Å². The molecule has 9 heteroatoms. The number of fused-ring (bicyclic) bond motifs is 1. The predicted molar refractivity (Wildman–Crippen MR) is 125 cm³/mol. The van der Waals surface area contributed by atoms with E-state index in [1.807, 2.05) is 24.3 Å². The monoisotopic (exact) mass is 453 g/mol. The van der Waals surface area contributed by atoms with Crippen LogP contribution in [0, 0.1) is 5.92 Å². The van der Waals surface area contributed by atoms with E-state index in [1.165, 1.54) is 0 Å². The lowest BCUT2D eigenvalue weighted by molar-refractivity contribution is 0.123. The van der Waals surface area contributed by atoms with Gasteiger partial charge in [0, 0.05) is 48.6 Å². The van der Waals surface area contributed by atoms with E-state index >= 15 is 0 Å². The van der Waals surface area contributed by atoms with Gasteiger partial charge in [0.2, 0.25) is 0 Å². The first kappa shape index (κ1) is 20.9. The van der Waals surface area contributed by atoms with Gasteiger partial charge in [-0.15, -0.1) is 11.3 Å². The van der Waals surface area contributed by atoms with Crippen molar-refractivity contribution in [2.24, 2.45) is 5.92 Å². The Morgan fingerprint density at radius 2 is 1.70 bits per heavy atom. The third-order valence-electron chi connectivity index (χ3n) is 4.61. The Morgan fingerprint density at radius 1 is 1.04 bits per heavy atom. The van der Waals surface area contributed by atoms with E-state index in [0.717, 1.165) is 25.7 Å². The molecule has 0 saturated heterocycles. The van der Waals surface area contributed by atoms with Crippen molar-refractivity contribution in [1.82, 2.24) is 4.98 Å². The highest BCUT2D eigenvalue weighted by atomic mass is 32.1. The molecule has 0 aliphatic heterocycles. The minimum Gasteiger partial charge on any atom is -0.377 e. The summed E-state index contributed by atoms with van der Waals surface area (Å²) in [5, 5.41) is 0.879. The largest absolute Gasteiger partial charge is 0.500 e. The molecule has 1 aliphatic rings. The second kappa shape index (κ2) is 8.71. The summed E-state index contributed by atoms with van der Waals surface area (Å²) < 4.78 is 17.7. The maximum atomic E-state index is 5.81. The molecular formula is C18H19NO3S4Si. The number of thiazole rings is 1. The van der Waals surface area contributed by atoms with Crippen molar-refractivity contribution >= 4 is 87.2 Å². The number of rotatable bonds is 7. The minimum absolute atomic E-state index is 0.123. The van der Waals surface area contributed by atoms with Gasteiger partial charge >= 0.3 is 8.80 Å². The maximum Gasteiger partial charge on any atom is 0.500 e. The van der Waals surface area contributed by atoms with Crippen molar-refractivity contribution in [3.63, 3.8) is 0 Å². The molecule has 0 N–H and O–H groups in total. The highest BCUT2D eigenvalue weighted by molar-refractivity contribution is 7.90. The van der Waals surface area contributed by atoms with Crippen LogP contribution in [-0.4, -0.2) is 49.7 Å². The standard InChI is InChI=1S/C18H19NO3S4Si/c1-20-27(21-2,22-3)9-8-11-16(24)12(10-14(23)17(11)25)18-19-13-6-4-5-7-15(13)26-18/h4-7,10-11H,8-9H2,1-3H3. The fraction of sp³-hybridized carbons (Fsp3) is 0.333. The number of hydrogen-bond acceptors (Lipinski definition) is 8. The molecule has 1 aromatic heterocycles. The van der Waals surface area contributed by atoms with Gasteiger partial charge in [-0.2, -0.15) is 0 Å². The summed E-state index contributed by atoms with van der Waals surface area (Å²) in [6, 6.07) is 8.64. The average molecular weight is 454 g/mol. The van der Waals surface area contributed by atoms with Crippen LogP contribution in [0.15, 0.2) is 30.3 Å². The Balaban J connectivity index is 1.89. The molecule has 1 heterocycles. The van der Waals surface area contributed by atoms with E-state index in [2.05, 4.69) is 6.07 Å². The van der Waals surface area contributed by atoms with E-state index < -0.39 is 8.80 Å². The van der Waals surface area contributed by atoms with Crippen molar-refractivity contribution < 1.29 is 13.3 Å². The molecule has 1 atom stereocenters. The van der Waals surface area contributed by atoms with Crippen LogP contribution < -0.4 is 0 Å². The van der Waals surface area contributed by atoms with Crippen molar-refractivity contribution in [2.75, 3.05) is 21.3 Å². The van der Waals surface area contributed by atoms with Crippen LogP contribution in [0.2, 0.25) is 6.04 Å². The lowest BCUT2D eigenvalue weighted by atomic mass is 9.86. The lowest BCUT2D eigenvalue weighted by Gasteiger charge is -2.29. The molecule has 0 radical (unpaired) electrons. The summed E-state index contributed by atoms with van der Waals surface area (Å²) in [7, 11) is 2.11. The van der Waals surface area contributed by atoms with Crippen LogP contribution in [-0.2, 0) is 13.3 Å². The third kappa shape index (κ3) is 4.15. The predicted octanol–water partition coefficient (Wildman–Crippen LogP) is 4.69. The van der Waals surface area contributed by atoms with E-state index in [4.69, 9.17) is 54.9 Å². The average Bonchev–Trinajstić information content (AvgIpc) is 3.12. The van der Waals surface area contributed by atoms with Gasteiger partial charge in [-0.3, -0.25) is 0 Å². The van der Waals surface area contributed by atoms with Crippen LogP contribution in [0.4, 0.5) is 0 Å². The Hall–Kier alpha value is -0.783. The zero-order valence-corrected chi connectivity index (χ0v) is 19.4.